The summed E-state index contributed by atoms with van der Waals surface area (Å²) in [6.45, 7) is 7.54. The van der Waals surface area contributed by atoms with Crippen LogP contribution in [-0.2, 0) is 14.8 Å². The van der Waals surface area contributed by atoms with Crippen molar-refractivity contribution < 1.29 is 13.2 Å². The maximum atomic E-state index is 12.5. The van der Waals surface area contributed by atoms with Crippen molar-refractivity contribution in [3.05, 3.63) is 29.3 Å². The number of morpholine rings is 1. The van der Waals surface area contributed by atoms with E-state index in [2.05, 4.69) is 14.5 Å². The van der Waals surface area contributed by atoms with Gasteiger partial charge in [-0.05, 0) is 55.5 Å². The maximum Gasteiger partial charge on any atom is 0.240 e. The van der Waals surface area contributed by atoms with Gasteiger partial charge in [0.2, 0.25) is 10.0 Å². The van der Waals surface area contributed by atoms with Crippen molar-refractivity contribution >= 4 is 21.6 Å². The molecule has 0 aromatic heterocycles. The largest absolute Gasteiger partial charge is 0.379 e. The van der Waals surface area contributed by atoms with Gasteiger partial charge in [-0.1, -0.05) is 11.6 Å². The van der Waals surface area contributed by atoms with Crippen molar-refractivity contribution in [1.82, 2.24) is 14.5 Å². The van der Waals surface area contributed by atoms with Gasteiger partial charge < -0.3 is 4.74 Å². The van der Waals surface area contributed by atoms with Gasteiger partial charge in [0.05, 0.1) is 18.1 Å². The van der Waals surface area contributed by atoms with E-state index in [-0.39, 0.29) is 4.90 Å². The van der Waals surface area contributed by atoms with Gasteiger partial charge in [-0.2, -0.15) is 0 Å². The zero-order valence-electron chi connectivity index (χ0n) is 15.5. The molecule has 0 spiro atoms. The van der Waals surface area contributed by atoms with Gasteiger partial charge >= 0.3 is 0 Å². The first-order valence-electron chi connectivity index (χ1n) is 9.80. The Morgan fingerprint density at radius 1 is 1.15 bits per heavy atom. The van der Waals surface area contributed by atoms with Gasteiger partial charge in [-0.3, -0.25) is 9.80 Å². The van der Waals surface area contributed by atoms with E-state index >= 15 is 0 Å². The van der Waals surface area contributed by atoms with Crippen LogP contribution in [0, 0.1) is 11.8 Å². The number of benzene rings is 1. The molecule has 4 saturated heterocycles. The molecule has 2 bridgehead atoms. The Morgan fingerprint density at radius 3 is 2.56 bits per heavy atom. The van der Waals surface area contributed by atoms with Crippen molar-refractivity contribution in [3.8, 4) is 0 Å². The number of halogens is 1. The number of hydrogen-bond acceptors (Lipinski definition) is 5. The van der Waals surface area contributed by atoms with Crippen molar-refractivity contribution in [3.63, 3.8) is 0 Å². The van der Waals surface area contributed by atoms with E-state index in [4.69, 9.17) is 16.3 Å². The molecule has 5 rings (SSSR count). The van der Waals surface area contributed by atoms with Gasteiger partial charge in [0.1, 0.15) is 0 Å². The third-order valence-electron chi connectivity index (χ3n) is 6.24. The van der Waals surface area contributed by atoms with Gasteiger partial charge in [0, 0.05) is 43.8 Å². The zero-order chi connectivity index (χ0) is 18.9. The molecule has 4 heterocycles. The first-order valence-corrected chi connectivity index (χ1v) is 11.7. The summed E-state index contributed by atoms with van der Waals surface area (Å²) in [4.78, 5) is 5.28. The Balaban J connectivity index is 1.32. The summed E-state index contributed by atoms with van der Waals surface area (Å²) in [7, 11) is -3.49. The van der Waals surface area contributed by atoms with Gasteiger partial charge in [0.15, 0.2) is 0 Å². The molecule has 150 valence electrons. The van der Waals surface area contributed by atoms with E-state index in [1.807, 2.05) is 0 Å². The van der Waals surface area contributed by atoms with E-state index in [1.54, 1.807) is 24.3 Å². The third kappa shape index (κ3) is 4.66. The van der Waals surface area contributed by atoms with E-state index in [0.717, 1.165) is 52.4 Å². The molecule has 4 atom stereocenters. The van der Waals surface area contributed by atoms with E-state index in [0.29, 0.717) is 29.4 Å². The first kappa shape index (κ1) is 19.6. The molecule has 8 heteroatoms. The third-order valence-corrected chi connectivity index (χ3v) is 7.93. The Bertz CT molecular complexity index is 737. The fraction of sp³-hybridized carbons (Fsp3) is 0.684. The summed E-state index contributed by atoms with van der Waals surface area (Å²) in [5.41, 5.74) is 0. The Kier molecular flexibility index (Phi) is 6.06. The summed E-state index contributed by atoms with van der Waals surface area (Å²) < 4.78 is 33.3. The zero-order valence-corrected chi connectivity index (χ0v) is 17.1. The molecule has 1 unspecified atom stereocenters. The molecule has 0 aliphatic carbocycles. The van der Waals surface area contributed by atoms with E-state index in [9.17, 15) is 8.42 Å². The second kappa shape index (κ2) is 8.35. The van der Waals surface area contributed by atoms with Crippen molar-refractivity contribution in [2.75, 3.05) is 52.5 Å². The highest BCUT2D eigenvalue weighted by Crippen LogP contribution is 2.36. The lowest BCUT2D eigenvalue weighted by atomic mass is 9.75. The lowest BCUT2D eigenvalue weighted by Gasteiger charge is -2.51. The second-order valence-corrected chi connectivity index (χ2v) is 10.1. The molecule has 27 heavy (non-hydrogen) atoms. The molecule has 1 aromatic rings. The van der Waals surface area contributed by atoms with Gasteiger partial charge in [0.25, 0.3) is 0 Å². The van der Waals surface area contributed by atoms with Crippen LogP contribution >= 0.6 is 11.6 Å². The Hall–Kier alpha value is -0.700. The fourth-order valence-electron chi connectivity index (χ4n) is 4.69. The maximum absolute atomic E-state index is 12.5. The van der Waals surface area contributed by atoms with E-state index in [1.165, 1.54) is 6.42 Å². The predicted molar refractivity (Wildman–Crippen MR) is 105 cm³/mol. The standard InChI is InChI=1S/C19H28ClN3O3S/c20-17-1-3-19(4-2-17)27(24,25)21-12-18-11-15-5-6-23(18)14-16(15)13-22-7-9-26-10-8-22/h1-4,15-16,18,21H,5-14H2/t15-,16+,18+/m1/s1. The number of fused-ring (bicyclic) bond motifs is 3. The summed E-state index contributed by atoms with van der Waals surface area (Å²) >= 11 is 5.85. The van der Waals surface area contributed by atoms with Crippen molar-refractivity contribution in [2.45, 2.75) is 23.8 Å². The fourth-order valence-corrected chi connectivity index (χ4v) is 5.89. The second-order valence-electron chi connectivity index (χ2n) is 7.91. The van der Waals surface area contributed by atoms with Crippen LogP contribution in [0.25, 0.3) is 0 Å². The predicted octanol–water partition coefficient (Wildman–Crippen LogP) is 1.66. The molecule has 1 N–H and O–H groups in total. The molecule has 4 aliphatic heterocycles. The molecule has 4 fully saturated rings. The molecular weight excluding hydrogens is 386 g/mol. The molecule has 0 saturated carbocycles. The molecule has 0 amide bonds. The number of nitrogens with zero attached hydrogens (tertiary/aromatic N) is 2. The van der Waals surface area contributed by atoms with Gasteiger partial charge in [-0.15, -0.1) is 0 Å². The van der Waals surface area contributed by atoms with Crippen LogP contribution in [0.2, 0.25) is 5.02 Å². The van der Waals surface area contributed by atoms with Crippen LogP contribution in [-0.4, -0.2) is 76.7 Å². The highest BCUT2D eigenvalue weighted by molar-refractivity contribution is 7.89. The molecule has 0 radical (unpaired) electrons. The number of nitrogens with one attached hydrogen (secondary N) is 1. The van der Waals surface area contributed by atoms with E-state index < -0.39 is 10.0 Å². The molecule has 6 nitrogen and oxygen atoms in total. The van der Waals surface area contributed by atoms with Crippen molar-refractivity contribution in [2.24, 2.45) is 11.8 Å². The average molecular weight is 414 g/mol. The minimum Gasteiger partial charge on any atom is -0.379 e. The average Bonchev–Trinajstić information content (AvgIpc) is 2.68. The minimum absolute atomic E-state index is 0.271. The van der Waals surface area contributed by atoms with Crippen LogP contribution in [0.4, 0.5) is 0 Å². The normalized spacial score (nSPS) is 31.9. The topological polar surface area (TPSA) is 61.9 Å². The number of ether oxygens (including phenoxy) is 1. The SMILES string of the molecule is O=S(=O)(NC[C@@H]1C[C@H]2CCN1C[C@@H]2CN1CCOCC1)c1ccc(Cl)cc1. The number of rotatable bonds is 6. The monoisotopic (exact) mass is 413 g/mol. The summed E-state index contributed by atoms with van der Waals surface area (Å²) in [5, 5.41) is 0.538. The minimum atomic E-state index is -3.49. The highest BCUT2D eigenvalue weighted by atomic mass is 35.5. The Labute approximate surface area is 166 Å². The van der Waals surface area contributed by atoms with Crippen molar-refractivity contribution in [1.29, 1.82) is 0 Å². The highest BCUT2D eigenvalue weighted by Gasteiger charge is 2.40. The Morgan fingerprint density at radius 2 is 1.89 bits per heavy atom. The van der Waals surface area contributed by atoms with Crippen LogP contribution in [0.3, 0.4) is 0 Å². The lowest BCUT2D eigenvalue weighted by Crippen LogP contribution is -2.58. The summed E-state index contributed by atoms with van der Waals surface area (Å²) in [6.07, 6.45) is 2.31. The van der Waals surface area contributed by atoms with Crippen LogP contribution < -0.4 is 4.72 Å². The van der Waals surface area contributed by atoms with Crippen LogP contribution in [0.15, 0.2) is 29.2 Å². The molecular formula is C19H28ClN3O3S. The molecule has 4 aliphatic rings. The number of sulfonamides is 1. The number of hydrogen-bond donors (Lipinski definition) is 1. The van der Waals surface area contributed by atoms with Crippen LogP contribution in [0.5, 0.6) is 0 Å². The number of piperidine rings is 3. The smallest absolute Gasteiger partial charge is 0.240 e. The quantitative estimate of drug-likeness (QED) is 0.768. The summed E-state index contributed by atoms with van der Waals surface area (Å²) in [5.74, 6) is 1.39. The lowest BCUT2D eigenvalue weighted by molar-refractivity contribution is -0.0285. The molecule has 1 aromatic carbocycles. The first-order chi connectivity index (χ1) is 13.0. The van der Waals surface area contributed by atoms with Crippen LogP contribution in [0.1, 0.15) is 12.8 Å². The summed E-state index contributed by atoms with van der Waals surface area (Å²) in [6, 6.07) is 6.62. The van der Waals surface area contributed by atoms with Gasteiger partial charge in [-0.25, -0.2) is 13.1 Å².